The van der Waals surface area contributed by atoms with E-state index in [1.165, 1.54) is 25.1 Å². The number of aromatic nitrogens is 3. The zero-order chi connectivity index (χ0) is 12.1. The topological polar surface area (TPSA) is 42.7 Å². The van der Waals surface area contributed by atoms with Crippen molar-refractivity contribution in [3.63, 3.8) is 0 Å². The molecule has 1 aliphatic heterocycles. The SMILES string of the molecule is CC(C)CCn1cnnc1CC1CCNCC1. The zero-order valence-corrected chi connectivity index (χ0v) is 11.0. The highest BCUT2D eigenvalue weighted by atomic mass is 15.3. The molecule has 2 heterocycles. The molecule has 1 N–H and O–H groups in total. The maximum atomic E-state index is 4.28. The number of rotatable bonds is 5. The molecule has 0 atom stereocenters. The van der Waals surface area contributed by atoms with Crippen LogP contribution in [0.1, 0.15) is 38.9 Å². The number of piperidine rings is 1. The lowest BCUT2D eigenvalue weighted by atomic mass is 9.94. The van der Waals surface area contributed by atoms with E-state index in [-0.39, 0.29) is 0 Å². The van der Waals surface area contributed by atoms with Crippen molar-refractivity contribution in [1.29, 1.82) is 0 Å². The molecular formula is C13H24N4. The molecule has 1 aromatic rings. The molecule has 0 unspecified atom stereocenters. The molecule has 1 aliphatic rings. The maximum absolute atomic E-state index is 4.28. The van der Waals surface area contributed by atoms with E-state index >= 15 is 0 Å². The van der Waals surface area contributed by atoms with E-state index in [1.54, 1.807) is 0 Å². The number of aryl methyl sites for hydroxylation is 1. The first-order valence-electron chi connectivity index (χ1n) is 6.83. The number of nitrogens with one attached hydrogen (secondary N) is 1. The van der Waals surface area contributed by atoms with Crippen molar-refractivity contribution in [2.24, 2.45) is 11.8 Å². The quantitative estimate of drug-likeness (QED) is 0.848. The molecule has 1 aromatic heterocycles. The Hall–Kier alpha value is -0.900. The molecule has 0 aliphatic carbocycles. The largest absolute Gasteiger partial charge is 0.318 e. The number of hydrogen-bond acceptors (Lipinski definition) is 3. The first-order chi connectivity index (χ1) is 8.25. The molecule has 4 heteroatoms. The first kappa shape index (κ1) is 12.6. The second kappa shape index (κ2) is 6.15. The monoisotopic (exact) mass is 236 g/mol. The summed E-state index contributed by atoms with van der Waals surface area (Å²) in [4.78, 5) is 0. The molecule has 4 nitrogen and oxygen atoms in total. The van der Waals surface area contributed by atoms with E-state index in [2.05, 4.69) is 33.9 Å². The van der Waals surface area contributed by atoms with Crippen molar-refractivity contribution in [2.45, 2.75) is 46.1 Å². The van der Waals surface area contributed by atoms with Crippen molar-refractivity contribution in [3.8, 4) is 0 Å². The summed E-state index contributed by atoms with van der Waals surface area (Å²) in [6.07, 6.45) is 6.74. The predicted molar refractivity (Wildman–Crippen MR) is 68.8 cm³/mol. The van der Waals surface area contributed by atoms with E-state index < -0.39 is 0 Å². The molecule has 0 radical (unpaired) electrons. The third kappa shape index (κ3) is 3.80. The Morgan fingerprint density at radius 3 is 2.88 bits per heavy atom. The lowest BCUT2D eigenvalue weighted by Gasteiger charge is -2.22. The van der Waals surface area contributed by atoms with Gasteiger partial charge in [-0.1, -0.05) is 13.8 Å². The average molecular weight is 236 g/mol. The molecule has 0 spiro atoms. The van der Waals surface area contributed by atoms with Crippen LogP contribution in [-0.4, -0.2) is 27.9 Å². The van der Waals surface area contributed by atoms with Gasteiger partial charge in [0.2, 0.25) is 0 Å². The van der Waals surface area contributed by atoms with Crippen LogP contribution in [0.25, 0.3) is 0 Å². The molecule has 1 saturated heterocycles. The number of hydrogen-bond donors (Lipinski definition) is 1. The minimum Gasteiger partial charge on any atom is -0.318 e. The normalized spacial score (nSPS) is 17.8. The summed E-state index contributed by atoms with van der Waals surface area (Å²) in [5.41, 5.74) is 0. The van der Waals surface area contributed by atoms with E-state index in [1.807, 2.05) is 6.33 Å². The molecule has 0 aromatic carbocycles. The molecular weight excluding hydrogens is 212 g/mol. The van der Waals surface area contributed by atoms with Crippen molar-refractivity contribution >= 4 is 0 Å². The van der Waals surface area contributed by atoms with Gasteiger partial charge in [-0.2, -0.15) is 0 Å². The first-order valence-corrected chi connectivity index (χ1v) is 6.83. The third-order valence-corrected chi connectivity index (χ3v) is 3.57. The Bertz CT molecular complexity index is 326. The van der Waals surface area contributed by atoms with Crippen LogP contribution in [0.5, 0.6) is 0 Å². The molecule has 2 rings (SSSR count). The fourth-order valence-corrected chi connectivity index (χ4v) is 2.37. The standard InChI is InChI=1S/C13H24N4/c1-11(2)5-8-17-10-15-16-13(17)9-12-3-6-14-7-4-12/h10-12,14H,3-9H2,1-2H3. The smallest absolute Gasteiger partial charge is 0.133 e. The summed E-state index contributed by atoms with van der Waals surface area (Å²) >= 11 is 0. The second-order valence-corrected chi connectivity index (χ2v) is 5.52. The Morgan fingerprint density at radius 1 is 1.41 bits per heavy atom. The van der Waals surface area contributed by atoms with Gasteiger partial charge in [-0.15, -0.1) is 10.2 Å². The van der Waals surface area contributed by atoms with Crippen LogP contribution < -0.4 is 5.32 Å². The van der Waals surface area contributed by atoms with E-state index in [0.717, 1.165) is 37.9 Å². The Kier molecular flexibility index (Phi) is 4.54. The highest BCUT2D eigenvalue weighted by Crippen LogP contribution is 2.17. The maximum Gasteiger partial charge on any atom is 0.133 e. The van der Waals surface area contributed by atoms with Gasteiger partial charge in [0, 0.05) is 13.0 Å². The average Bonchev–Trinajstić information content (AvgIpc) is 2.75. The molecule has 0 bridgehead atoms. The van der Waals surface area contributed by atoms with E-state index in [9.17, 15) is 0 Å². The summed E-state index contributed by atoms with van der Waals surface area (Å²) in [6.45, 7) is 7.90. The molecule has 17 heavy (non-hydrogen) atoms. The molecule has 1 fully saturated rings. The molecule has 0 amide bonds. The highest BCUT2D eigenvalue weighted by Gasteiger charge is 2.16. The Morgan fingerprint density at radius 2 is 2.18 bits per heavy atom. The van der Waals surface area contributed by atoms with Gasteiger partial charge in [-0.25, -0.2) is 0 Å². The van der Waals surface area contributed by atoms with Gasteiger partial charge in [0.15, 0.2) is 0 Å². The van der Waals surface area contributed by atoms with E-state index in [4.69, 9.17) is 0 Å². The van der Waals surface area contributed by atoms with Crippen LogP contribution in [0.2, 0.25) is 0 Å². The summed E-state index contributed by atoms with van der Waals surface area (Å²) in [7, 11) is 0. The highest BCUT2D eigenvalue weighted by molar-refractivity contribution is 4.89. The van der Waals surface area contributed by atoms with Gasteiger partial charge in [0.1, 0.15) is 12.2 Å². The van der Waals surface area contributed by atoms with E-state index in [0.29, 0.717) is 0 Å². The van der Waals surface area contributed by atoms with Crippen LogP contribution >= 0.6 is 0 Å². The van der Waals surface area contributed by atoms with Crippen molar-refractivity contribution < 1.29 is 0 Å². The summed E-state index contributed by atoms with van der Waals surface area (Å²) in [5, 5.41) is 11.7. The van der Waals surface area contributed by atoms with Crippen molar-refractivity contribution in [3.05, 3.63) is 12.2 Å². The van der Waals surface area contributed by atoms with Crippen LogP contribution in [-0.2, 0) is 13.0 Å². The number of nitrogens with zero attached hydrogens (tertiary/aromatic N) is 3. The zero-order valence-electron chi connectivity index (χ0n) is 11.0. The van der Waals surface area contributed by atoms with Gasteiger partial charge in [0.25, 0.3) is 0 Å². The lowest BCUT2D eigenvalue weighted by molar-refractivity contribution is 0.360. The minimum atomic E-state index is 0.740. The Balaban J connectivity index is 1.88. The fraction of sp³-hybridized carbons (Fsp3) is 0.846. The van der Waals surface area contributed by atoms with Crippen molar-refractivity contribution in [2.75, 3.05) is 13.1 Å². The van der Waals surface area contributed by atoms with Crippen LogP contribution in [0.15, 0.2) is 6.33 Å². The van der Waals surface area contributed by atoms with Crippen LogP contribution in [0.4, 0.5) is 0 Å². The molecule has 96 valence electrons. The molecule has 0 saturated carbocycles. The fourth-order valence-electron chi connectivity index (χ4n) is 2.37. The van der Waals surface area contributed by atoms with Gasteiger partial charge in [-0.3, -0.25) is 0 Å². The summed E-state index contributed by atoms with van der Waals surface area (Å²) in [5.74, 6) is 2.71. The van der Waals surface area contributed by atoms with Gasteiger partial charge in [0.05, 0.1) is 0 Å². The minimum absolute atomic E-state index is 0.740. The van der Waals surface area contributed by atoms with Gasteiger partial charge in [-0.05, 0) is 44.2 Å². The third-order valence-electron chi connectivity index (χ3n) is 3.57. The van der Waals surface area contributed by atoms with Crippen molar-refractivity contribution in [1.82, 2.24) is 20.1 Å². The van der Waals surface area contributed by atoms with Gasteiger partial charge < -0.3 is 9.88 Å². The lowest BCUT2D eigenvalue weighted by Crippen LogP contribution is -2.29. The van der Waals surface area contributed by atoms with Crippen LogP contribution in [0.3, 0.4) is 0 Å². The summed E-state index contributed by atoms with van der Waals surface area (Å²) in [6, 6.07) is 0. The second-order valence-electron chi connectivity index (χ2n) is 5.52. The predicted octanol–water partition coefficient (Wildman–Crippen LogP) is 1.87. The summed E-state index contributed by atoms with van der Waals surface area (Å²) < 4.78 is 2.24. The van der Waals surface area contributed by atoms with Gasteiger partial charge >= 0.3 is 0 Å². The Labute approximate surface area is 104 Å². The van der Waals surface area contributed by atoms with Crippen LogP contribution in [0, 0.1) is 11.8 Å².